The molecule has 9 heteroatoms. The van der Waals surface area contributed by atoms with Gasteiger partial charge in [0.1, 0.15) is 0 Å². The molecule has 0 saturated carbocycles. The summed E-state index contributed by atoms with van der Waals surface area (Å²) in [5.41, 5.74) is 0.675. The second-order valence-corrected chi connectivity index (χ2v) is 5.56. The number of aromatic nitrogens is 2. The van der Waals surface area contributed by atoms with Gasteiger partial charge in [-0.25, -0.2) is 4.79 Å². The number of carbonyl (C=O) groups is 1. The fraction of sp³-hybridized carbons (Fsp3) is 0.118. The molecule has 0 spiro atoms. The third kappa shape index (κ3) is 3.40. The quantitative estimate of drug-likeness (QED) is 0.494. The number of rotatable bonds is 5. The standard InChI is InChI=1S/C17H11ClN2O6/c18-11-6-10(7-13-16(11)25-9-24-13)3-4-15(21)23-8-14-19-20-17(26-14)12-2-1-5-22-12/h1-7H,8-9H2/b4-3+. The molecule has 3 aromatic rings. The number of nitrogens with zero attached hydrogens (tertiary/aromatic N) is 2. The first-order chi connectivity index (χ1) is 12.7. The molecular weight excluding hydrogens is 364 g/mol. The molecule has 0 unspecified atom stereocenters. The molecule has 1 aliphatic heterocycles. The second kappa shape index (κ2) is 6.93. The smallest absolute Gasteiger partial charge is 0.331 e. The number of halogens is 1. The van der Waals surface area contributed by atoms with Crippen molar-refractivity contribution in [2.75, 3.05) is 6.79 Å². The summed E-state index contributed by atoms with van der Waals surface area (Å²) >= 11 is 6.09. The van der Waals surface area contributed by atoms with E-state index >= 15 is 0 Å². The summed E-state index contributed by atoms with van der Waals surface area (Å²) in [5, 5.41) is 8.01. The van der Waals surface area contributed by atoms with E-state index in [-0.39, 0.29) is 25.2 Å². The van der Waals surface area contributed by atoms with Crippen LogP contribution in [0.15, 0.2) is 45.4 Å². The summed E-state index contributed by atoms with van der Waals surface area (Å²) in [4.78, 5) is 11.8. The Labute approximate surface area is 151 Å². The zero-order chi connectivity index (χ0) is 17.9. The monoisotopic (exact) mass is 374 g/mol. The summed E-state index contributed by atoms with van der Waals surface area (Å²) < 4.78 is 26.0. The van der Waals surface area contributed by atoms with Crippen LogP contribution in [0.5, 0.6) is 11.5 Å². The third-order valence-electron chi connectivity index (χ3n) is 3.40. The molecule has 1 aliphatic rings. The van der Waals surface area contributed by atoms with Gasteiger partial charge in [-0.3, -0.25) is 0 Å². The van der Waals surface area contributed by atoms with Crippen LogP contribution in [0.4, 0.5) is 0 Å². The number of carbonyl (C=O) groups excluding carboxylic acids is 1. The fourth-order valence-corrected chi connectivity index (χ4v) is 2.51. The summed E-state index contributed by atoms with van der Waals surface area (Å²) in [6.07, 6.45) is 4.31. The molecule has 0 bridgehead atoms. The van der Waals surface area contributed by atoms with Gasteiger partial charge in [-0.05, 0) is 35.9 Å². The van der Waals surface area contributed by atoms with Gasteiger partial charge in [0.2, 0.25) is 6.79 Å². The molecule has 0 atom stereocenters. The zero-order valence-corrected chi connectivity index (χ0v) is 13.9. The van der Waals surface area contributed by atoms with Crippen LogP contribution in [0.25, 0.3) is 17.7 Å². The molecule has 4 rings (SSSR count). The normalized spacial score (nSPS) is 12.7. The van der Waals surface area contributed by atoms with Crippen LogP contribution in [0, 0.1) is 0 Å². The number of hydrogen-bond donors (Lipinski definition) is 0. The van der Waals surface area contributed by atoms with Gasteiger partial charge >= 0.3 is 5.97 Å². The minimum atomic E-state index is -0.573. The largest absolute Gasteiger partial charge is 0.459 e. The van der Waals surface area contributed by atoms with E-state index in [1.54, 1.807) is 30.3 Å². The topological polar surface area (TPSA) is 96.8 Å². The van der Waals surface area contributed by atoms with E-state index in [9.17, 15) is 4.79 Å². The van der Waals surface area contributed by atoms with Gasteiger partial charge in [0.15, 0.2) is 23.9 Å². The number of fused-ring (bicyclic) bond motifs is 1. The zero-order valence-electron chi connectivity index (χ0n) is 13.2. The lowest BCUT2D eigenvalue weighted by molar-refractivity contribution is -0.139. The summed E-state index contributed by atoms with van der Waals surface area (Å²) in [7, 11) is 0. The molecule has 0 fully saturated rings. The Morgan fingerprint density at radius 3 is 3.08 bits per heavy atom. The molecule has 0 N–H and O–H groups in total. The number of ether oxygens (including phenoxy) is 3. The maximum Gasteiger partial charge on any atom is 0.331 e. The first-order valence-corrected chi connectivity index (χ1v) is 7.87. The predicted octanol–water partition coefficient (Wildman–Crippen LogP) is 3.47. The van der Waals surface area contributed by atoms with Crippen molar-refractivity contribution in [3.8, 4) is 23.1 Å². The van der Waals surface area contributed by atoms with Crippen LogP contribution in [0.3, 0.4) is 0 Å². The Balaban J connectivity index is 1.36. The highest BCUT2D eigenvalue weighted by molar-refractivity contribution is 6.32. The van der Waals surface area contributed by atoms with Gasteiger partial charge in [0.05, 0.1) is 11.3 Å². The van der Waals surface area contributed by atoms with Gasteiger partial charge < -0.3 is 23.0 Å². The fourth-order valence-electron chi connectivity index (χ4n) is 2.24. The Morgan fingerprint density at radius 2 is 2.23 bits per heavy atom. The predicted molar refractivity (Wildman–Crippen MR) is 88.4 cm³/mol. The van der Waals surface area contributed by atoms with Gasteiger partial charge in [0.25, 0.3) is 11.8 Å². The van der Waals surface area contributed by atoms with E-state index < -0.39 is 5.97 Å². The molecule has 0 aliphatic carbocycles. The lowest BCUT2D eigenvalue weighted by Gasteiger charge is -2.01. The summed E-state index contributed by atoms with van der Waals surface area (Å²) in [6, 6.07) is 6.76. The average molecular weight is 375 g/mol. The van der Waals surface area contributed by atoms with E-state index in [4.69, 9.17) is 34.6 Å². The lowest BCUT2D eigenvalue weighted by Crippen LogP contribution is -2.00. The third-order valence-corrected chi connectivity index (χ3v) is 3.68. The van der Waals surface area contributed by atoms with Crippen LogP contribution in [-0.4, -0.2) is 23.0 Å². The van der Waals surface area contributed by atoms with Gasteiger partial charge in [-0.2, -0.15) is 0 Å². The molecule has 1 aromatic carbocycles. The maximum atomic E-state index is 11.8. The Morgan fingerprint density at radius 1 is 1.31 bits per heavy atom. The Hall–Kier alpha value is -3.26. The minimum absolute atomic E-state index is 0.119. The molecule has 0 amide bonds. The van der Waals surface area contributed by atoms with E-state index in [0.29, 0.717) is 27.8 Å². The van der Waals surface area contributed by atoms with E-state index in [0.717, 1.165) is 0 Å². The molecular formula is C17H11ClN2O6. The highest BCUT2D eigenvalue weighted by Gasteiger charge is 2.17. The molecule has 8 nitrogen and oxygen atoms in total. The molecule has 2 aromatic heterocycles. The molecule has 26 heavy (non-hydrogen) atoms. The second-order valence-electron chi connectivity index (χ2n) is 5.16. The van der Waals surface area contributed by atoms with Crippen molar-refractivity contribution in [2.24, 2.45) is 0 Å². The number of hydrogen-bond acceptors (Lipinski definition) is 8. The van der Waals surface area contributed by atoms with E-state index in [1.807, 2.05) is 0 Å². The van der Waals surface area contributed by atoms with Crippen LogP contribution < -0.4 is 9.47 Å². The van der Waals surface area contributed by atoms with Crippen LogP contribution >= 0.6 is 11.6 Å². The van der Waals surface area contributed by atoms with Crippen LogP contribution in [-0.2, 0) is 16.1 Å². The number of benzene rings is 1. The number of esters is 1. The average Bonchev–Trinajstić information content (AvgIpc) is 3.38. The van der Waals surface area contributed by atoms with Gasteiger partial charge in [-0.1, -0.05) is 11.6 Å². The van der Waals surface area contributed by atoms with E-state index in [1.165, 1.54) is 12.3 Å². The van der Waals surface area contributed by atoms with Gasteiger partial charge in [0, 0.05) is 6.08 Å². The maximum absolute atomic E-state index is 11.8. The summed E-state index contributed by atoms with van der Waals surface area (Å²) in [5.74, 6) is 1.26. The van der Waals surface area contributed by atoms with Crippen molar-refractivity contribution in [1.29, 1.82) is 0 Å². The molecule has 0 radical (unpaired) electrons. The highest BCUT2D eigenvalue weighted by Crippen LogP contribution is 2.40. The van der Waals surface area contributed by atoms with Crippen molar-refractivity contribution >= 4 is 23.6 Å². The first kappa shape index (κ1) is 16.2. The van der Waals surface area contributed by atoms with Crippen molar-refractivity contribution < 1.29 is 27.8 Å². The Kier molecular flexibility index (Phi) is 4.32. The van der Waals surface area contributed by atoms with Crippen LogP contribution in [0.1, 0.15) is 11.5 Å². The number of furan rings is 1. The van der Waals surface area contributed by atoms with Crippen molar-refractivity contribution in [3.63, 3.8) is 0 Å². The highest BCUT2D eigenvalue weighted by atomic mass is 35.5. The summed E-state index contributed by atoms with van der Waals surface area (Å²) in [6.45, 7) is -0.0345. The van der Waals surface area contributed by atoms with Crippen molar-refractivity contribution in [2.45, 2.75) is 6.61 Å². The molecule has 132 valence electrons. The molecule has 0 saturated heterocycles. The van der Waals surface area contributed by atoms with Gasteiger partial charge in [-0.15, -0.1) is 10.2 Å². The minimum Gasteiger partial charge on any atom is -0.459 e. The van der Waals surface area contributed by atoms with Crippen molar-refractivity contribution in [3.05, 3.63) is 53.1 Å². The van der Waals surface area contributed by atoms with Crippen molar-refractivity contribution in [1.82, 2.24) is 10.2 Å². The Bertz CT molecular complexity index is 964. The first-order valence-electron chi connectivity index (χ1n) is 7.49. The SMILES string of the molecule is O=C(/C=C/c1cc(Cl)c2c(c1)OCO2)OCc1nnc(-c2ccco2)o1. The van der Waals surface area contributed by atoms with E-state index in [2.05, 4.69) is 10.2 Å². The lowest BCUT2D eigenvalue weighted by atomic mass is 10.2. The molecule has 3 heterocycles. The van der Waals surface area contributed by atoms with Crippen LogP contribution in [0.2, 0.25) is 5.02 Å².